The Bertz CT molecular complexity index is 125. The van der Waals surface area contributed by atoms with E-state index in [1.165, 1.54) is 0 Å². The molecule has 0 saturated heterocycles. The third-order valence-corrected chi connectivity index (χ3v) is 2.71. The van der Waals surface area contributed by atoms with Gasteiger partial charge in [0.1, 0.15) is 0 Å². The Labute approximate surface area is 87.5 Å². The van der Waals surface area contributed by atoms with Gasteiger partial charge in [0.15, 0.2) is 0 Å². The molecular formula is C11H23ClO. The third kappa shape index (κ3) is 6.34. The molecule has 2 heteroatoms. The summed E-state index contributed by atoms with van der Waals surface area (Å²) in [6.07, 6.45) is 3.04. The van der Waals surface area contributed by atoms with E-state index in [1.54, 1.807) is 0 Å². The average molecular weight is 207 g/mol. The first-order valence-electron chi connectivity index (χ1n) is 5.00. The zero-order valence-corrected chi connectivity index (χ0v) is 10.1. The topological polar surface area (TPSA) is 20.2 Å². The largest absolute Gasteiger partial charge is 0.396 e. The molecule has 0 aromatic rings. The van der Waals surface area contributed by atoms with E-state index in [2.05, 4.69) is 27.7 Å². The highest BCUT2D eigenvalue weighted by Gasteiger charge is 2.27. The summed E-state index contributed by atoms with van der Waals surface area (Å²) < 4.78 is 0. The summed E-state index contributed by atoms with van der Waals surface area (Å²) in [7, 11) is 0. The van der Waals surface area contributed by atoms with Crippen molar-refractivity contribution in [1.29, 1.82) is 0 Å². The molecule has 0 saturated carbocycles. The Hall–Kier alpha value is 0.250. The molecule has 0 fully saturated rings. The van der Waals surface area contributed by atoms with Crippen LogP contribution in [-0.4, -0.2) is 17.6 Å². The van der Waals surface area contributed by atoms with Crippen LogP contribution in [0.1, 0.15) is 47.0 Å². The van der Waals surface area contributed by atoms with E-state index in [0.717, 1.165) is 25.1 Å². The van der Waals surface area contributed by atoms with Crippen molar-refractivity contribution in [2.75, 3.05) is 12.5 Å². The summed E-state index contributed by atoms with van der Waals surface area (Å²) in [6.45, 7) is 9.19. The van der Waals surface area contributed by atoms with Crippen LogP contribution in [0.15, 0.2) is 0 Å². The van der Waals surface area contributed by atoms with Crippen molar-refractivity contribution in [3.8, 4) is 0 Å². The molecule has 0 amide bonds. The minimum Gasteiger partial charge on any atom is -0.396 e. The number of rotatable bonds is 6. The summed E-state index contributed by atoms with van der Waals surface area (Å²) in [4.78, 5) is 0. The lowest BCUT2D eigenvalue weighted by Gasteiger charge is -2.34. The maximum atomic E-state index is 8.90. The van der Waals surface area contributed by atoms with E-state index in [4.69, 9.17) is 16.7 Å². The highest BCUT2D eigenvalue weighted by Crippen LogP contribution is 2.38. The number of aliphatic hydroxyl groups is 1. The van der Waals surface area contributed by atoms with Gasteiger partial charge in [-0.1, -0.05) is 27.7 Å². The lowest BCUT2D eigenvalue weighted by molar-refractivity contribution is 0.143. The van der Waals surface area contributed by atoms with Crippen LogP contribution in [-0.2, 0) is 0 Å². The molecule has 0 radical (unpaired) electrons. The fraction of sp³-hybridized carbons (Fsp3) is 1.00. The van der Waals surface area contributed by atoms with Gasteiger partial charge in [-0.05, 0) is 30.1 Å². The molecule has 0 rings (SSSR count). The molecule has 13 heavy (non-hydrogen) atoms. The van der Waals surface area contributed by atoms with Crippen LogP contribution in [0.4, 0.5) is 0 Å². The molecule has 1 nitrogen and oxygen atoms in total. The van der Waals surface area contributed by atoms with Crippen LogP contribution in [0.25, 0.3) is 0 Å². The fourth-order valence-corrected chi connectivity index (χ4v) is 2.54. The van der Waals surface area contributed by atoms with Gasteiger partial charge in [0, 0.05) is 12.5 Å². The first-order chi connectivity index (χ1) is 5.83. The molecule has 0 unspecified atom stereocenters. The van der Waals surface area contributed by atoms with Crippen LogP contribution in [0.3, 0.4) is 0 Å². The average Bonchev–Trinajstić information content (AvgIpc) is 1.82. The Balaban J connectivity index is 4.07. The van der Waals surface area contributed by atoms with Gasteiger partial charge in [0.2, 0.25) is 0 Å². The number of hydrogen-bond donors (Lipinski definition) is 1. The second kappa shape index (κ2) is 5.21. The lowest BCUT2D eigenvalue weighted by Crippen LogP contribution is -2.24. The first kappa shape index (κ1) is 13.2. The molecule has 0 bridgehead atoms. The van der Waals surface area contributed by atoms with E-state index in [-0.39, 0.29) is 12.0 Å². The number of alkyl halides is 1. The number of halogens is 1. The van der Waals surface area contributed by atoms with Crippen molar-refractivity contribution in [2.24, 2.45) is 10.8 Å². The monoisotopic (exact) mass is 206 g/mol. The standard InChI is InChI=1S/C11H23ClO/c1-10(2,5-7-12)9-11(3,4)6-8-13/h13H,5-9H2,1-4H3. The van der Waals surface area contributed by atoms with Gasteiger partial charge in [-0.15, -0.1) is 11.6 Å². The maximum Gasteiger partial charge on any atom is 0.0436 e. The van der Waals surface area contributed by atoms with E-state index in [0.29, 0.717) is 5.41 Å². The second-order valence-electron chi connectivity index (χ2n) is 5.42. The minimum atomic E-state index is 0.226. The van der Waals surface area contributed by atoms with E-state index in [9.17, 15) is 0 Å². The molecular weight excluding hydrogens is 184 g/mol. The molecule has 0 aromatic carbocycles. The van der Waals surface area contributed by atoms with Crippen molar-refractivity contribution in [3.05, 3.63) is 0 Å². The van der Waals surface area contributed by atoms with E-state index >= 15 is 0 Å². The van der Waals surface area contributed by atoms with E-state index in [1.807, 2.05) is 0 Å². The Morgan fingerprint density at radius 3 is 1.85 bits per heavy atom. The van der Waals surface area contributed by atoms with Gasteiger partial charge < -0.3 is 5.11 Å². The lowest BCUT2D eigenvalue weighted by atomic mass is 9.72. The van der Waals surface area contributed by atoms with Gasteiger partial charge in [0.25, 0.3) is 0 Å². The molecule has 80 valence electrons. The first-order valence-corrected chi connectivity index (χ1v) is 5.53. The highest BCUT2D eigenvalue weighted by atomic mass is 35.5. The SMILES string of the molecule is CC(C)(CCO)CC(C)(C)CCCl. The predicted octanol–water partition coefficient (Wildman–Crippen LogP) is 3.44. The molecule has 1 N–H and O–H groups in total. The number of aliphatic hydroxyl groups excluding tert-OH is 1. The summed E-state index contributed by atoms with van der Waals surface area (Å²) in [5, 5.41) is 8.90. The van der Waals surface area contributed by atoms with E-state index < -0.39 is 0 Å². The molecule has 0 aromatic heterocycles. The molecule has 0 aliphatic heterocycles. The smallest absolute Gasteiger partial charge is 0.0436 e. The minimum absolute atomic E-state index is 0.226. The van der Waals surface area contributed by atoms with Crippen LogP contribution in [0, 0.1) is 10.8 Å². The van der Waals surface area contributed by atoms with Crippen molar-refractivity contribution in [2.45, 2.75) is 47.0 Å². The van der Waals surface area contributed by atoms with Crippen LogP contribution in [0.5, 0.6) is 0 Å². The summed E-state index contributed by atoms with van der Waals surface area (Å²) in [5.41, 5.74) is 0.519. The summed E-state index contributed by atoms with van der Waals surface area (Å²) in [5.74, 6) is 0.724. The zero-order valence-electron chi connectivity index (χ0n) is 9.36. The molecule has 0 aliphatic carbocycles. The van der Waals surface area contributed by atoms with Crippen molar-refractivity contribution < 1.29 is 5.11 Å². The molecule has 0 spiro atoms. The van der Waals surface area contributed by atoms with Gasteiger partial charge in [-0.3, -0.25) is 0 Å². The van der Waals surface area contributed by atoms with Gasteiger partial charge >= 0.3 is 0 Å². The van der Waals surface area contributed by atoms with Crippen molar-refractivity contribution in [1.82, 2.24) is 0 Å². The number of hydrogen-bond acceptors (Lipinski definition) is 1. The predicted molar refractivity (Wildman–Crippen MR) is 59.2 cm³/mol. The Morgan fingerprint density at radius 2 is 1.46 bits per heavy atom. The second-order valence-corrected chi connectivity index (χ2v) is 5.80. The normalized spacial score (nSPS) is 13.4. The highest BCUT2D eigenvalue weighted by molar-refractivity contribution is 6.17. The molecule has 0 aliphatic rings. The Kier molecular flexibility index (Phi) is 5.31. The third-order valence-electron chi connectivity index (χ3n) is 2.52. The maximum absolute atomic E-state index is 8.90. The Morgan fingerprint density at radius 1 is 1.00 bits per heavy atom. The van der Waals surface area contributed by atoms with Crippen LogP contribution < -0.4 is 0 Å². The van der Waals surface area contributed by atoms with Crippen molar-refractivity contribution >= 4 is 11.6 Å². The summed E-state index contributed by atoms with van der Waals surface area (Å²) in [6, 6.07) is 0. The van der Waals surface area contributed by atoms with Gasteiger partial charge in [-0.25, -0.2) is 0 Å². The van der Waals surface area contributed by atoms with Crippen LogP contribution in [0.2, 0.25) is 0 Å². The van der Waals surface area contributed by atoms with Gasteiger partial charge in [-0.2, -0.15) is 0 Å². The quantitative estimate of drug-likeness (QED) is 0.661. The fourth-order valence-electron chi connectivity index (χ4n) is 2.03. The molecule has 0 heterocycles. The van der Waals surface area contributed by atoms with Gasteiger partial charge in [0.05, 0.1) is 0 Å². The van der Waals surface area contributed by atoms with Crippen molar-refractivity contribution in [3.63, 3.8) is 0 Å². The van der Waals surface area contributed by atoms with Crippen LogP contribution >= 0.6 is 11.6 Å². The molecule has 0 atom stereocenters. The zero-order chi connectivity index (χ0) is 10.5. The summed E-state index contributed by atoms with van der Waals surface area (Å²) >= 11 is 5.74.